The van der Waals surface area contributed by atoms with Crippen LogP contribution in [0.4, 0.5) is 5.69 Å². The molecule has 0 atom stereocenters. The summed E-state index contributed by atoms with van der Waals surface area (Å²) < 4.78 is 0. The Hall–Kier alpha value is -1.35. The summed E-state index contributed by atoms with van der Waals surface area (Å²) in [6.07, 6.45) is 4.91. The zero-order valence-corrected chi connectivity index (χ0v) is 10.9. The Balaban J connectivity index is 2.59. The molecule has 0 spiro atoms. The Kier molecular flexibility index (Phi) is 5.70. The van der Waals surface area contributed by atoms with E-state index in [9.17, 15) is 0 Å². The second-order valence-corrected chi connectivity index (χ2v) is 4.79. The highest BCUT2D eigenvalue weighted by molar-refractivity contribution is 5.61. The highest BCUT2D eigenvalue weighted by Gasteiger charge is 2.00. The van der Waals surface area contributed by atoms with Crippen LogP contribution in [0.1, 0.15) is 37.8 Å². The lowest BCUT2D eigenvalue weighted by molar-refractivity contribution is 0.240. The van der Waals surface area contributed by atoms with Crippen molar-refractivity contribution in [3.05, 3.63) is 29.3 Å². The second-order valence-electron chi connectivity index (χ2n) is 4.79. The zero-order valence-electron chi connectivity index (χ0n) is 10.9. The Morgan fingerprint density at radius 3 is 2.76 bits per heavy atom. The molecule has 0 aliphatic heterocycles. The molecule has 0 fully saturated rings. The van der Waals surface area contributed by atoms with Crippen LogP contribution in [-0.4, -0.2) is 11.5 Å². The Morgan fingerprint density at radius 2 is 2.18 bits per heavy atom. The zero-order chi connectivity index (χ0) is 12.7. The summed E-state index contributed by atoms with van der Waals surface area (Å²) in [6.45, 7) is 6.55. The van der Waals surface area contributed by atoms with Gasteiger partial charge in [0, 0.05) is 0 Å². The summed E-state index contributed by atoms with van der Waals surface area (Å²) >= 11 is 0. The molecule has 0 heterocycles. The van der Waals surface area contributed by atoms with Gasteiger partial charge in [-0.1, -0.05) is 32.4 Å². The van der Waals surface area contributed by atoms with Gasteiger partial charge in [-0.05, 0) is 42.9 Å². The fourth-order valence-corrected chi connectivity index (χ4v) is 1.83. The van der Waals surface area contributed by atoms with Crippen LogP contribution in [0.25, 0.3) is 0 Å². The minimum atomic E-state index is 0.774. The molecule has 0 aromatic heterocycles. The Bertz CT molecular complexity index is 372. The topological polar surface area (TPSA) is 44.6 Å². The number of nitrogens with zero attached hydrogens (tertiary/aromatic N) is 1. The number of nitrogens with one attached hydrogen (secondary N) is 1. The molecular formula is C14H22N2O. The third-order valence-corrected chi connectivity index (χ3v) is 2.77. The number of rotatable bonds is 6. The first-order chi connectivity index (χ1) is 8.13. The van der Waals surface area contributed by atoms with E-state index >= 15 is 0 Å². The van der Waals surface area contributed by atoms with Gasteiger partial charge < -0.3 is 0 Å². The van der Waals surface area contributed by atoms with E-state index in [4.69, 9.17) is 5.21 Å². The van der Waals surface area contributed by atoms with Crippen LogP contribution in [0.15, 0.2) is 23.2 Å². The van der Waals surface area contributed by atoms with Gasteiger partial charge in [0.05, 0.1) is 5.69 Å². The molecule has 2 N–H and O–H groups in total. The lowest BCUT2D eigenvalue weighted by Crippen LogP contribution is -2.01. The van der Waals surface area contributed by atoms with E-state index in [0.717, 1.165) is 23.6 Å². The lowest BCUT2D eigenvalue weighted by Gasteiger charge is -2.07. The summed E-state index contributed by atoms with van der Waals surface area (Å²) in [7, 11) is 0. The molecule has 0 radical (unpaired) electrons. The summed E-state index contributed by atoms with van der Waals surface area (Å²) in [4.78, 5) is 4.09. The van der Waals surface area contributed by atoms with Gasteiger partial charge in [0.25, 0.3) is 0 Å². The third kappa shape index (κ3) is 5.00. The molecule has 0 saturated heterocycles. The molecule has 0 aliphatic rings. The maximum Gasteiger partial charge on any atom is 0.113 e. The fraction of sp³-hybridized carbons (Fsp3) is 0.500. The largest absolute Gasteiger partial charge is 0.290 e. The molecule has 1 aromatic rings. The first-order valence-corrected chi connectivity index (χ1v) is 6.15. The predicted molar refractivity (Wildman–Crippen MR) is 72.0 cm³/mol. The van der Waals surface area contributed by atoms with Crippen LogP contribution >= 0.6 is 0 Å². The number of benzene rings is 1. The van der Waals surface area contributed by atoms with Crippen LogP contribution in [-0.2, 0) is 6.42 Å². The van der Waals surface area contributed by atoms with E-state index in [1.807, 2.05) is 18.5 Å². The summed E-state index contributed by atoms with van der Waals surface area (Å²) in [5.41, 5.74) is 5.30. The highest BCUT2D eigenvalue weighted by Crippen LogP contribution is 2.20. The van der Waals surface area contributed by atoms with E-state index in [1.165, 1.54) is 24.7 Å². The normalized spacial score (nSPS) is 11.4. The SMILES string of the molecule is Cc1cc(CCCC(C)C)ccc1N=CNO. The average molecular weight is 234 g/mol. The quantitative estimate of drug-likeness (QED) is 0.448. The van der Waals surface area contributed by atoms with E-state index in [-0.39, 0.29) is 0 Å². The minimum absolute atomic E-state index is 0.774. The molecule has 94 valence electrons. The molecule has 3 heteroatoms. The fourth-order valence-electron chi connectivity index (χ4n) is 1.83. The summed E-state index contributed by atoms with van der Waals surface area (Å²) in [6, 6.07) is 6.27. The number of hydroxylamine groups is 1. The second kappa shape index (κ2) is 7.07. The van der Waals surface area contributed by atoms with Gasteiger partial charge in [0.15, 0.2) is 0 Å². The van der Waals surface area contributed by atoms with Crippen molar-refractivity contribution in [1.29, 1.82) is 0 Å². The lowest BCUT2D eigenvalue weighted by atomic mass is 10.0. The van der Waals surface area contributed by atoms with E-state index in [0.29, 0.717) is 0 Å². The van der Waals surface area contributed by atoms with Crippen molar-refractivity contribution in [3.8, 4) is 0 Å². The van der Waals surface area contributed by atoms with Crippen molar-refractivity contribution in [2.45, 2.75) is 40.0 Å². The molecule has 0 unspecified atom stereocenters. The van der Waals surface area contributed by atoms with Crippen molar-refractivity contribution in [1.82, 2.24) is 5.48 Å². The number of aliphatic imine (C=N–C) groups is 1. The Labute approximate surface area is 104 Å². The van der Waals surface area contributed by atoms with Gasteiger partial charge in [0.1, 0.15) is 6.34 Å². The summed E-state index contributed by atoms with van der Waals surface area (Å²) in [5, 5.41) is 8.44. The van der Waals surface area contributed by atoms with Gasteiger partial charge in [-0.3, -0.25) is 10.7 Å². The monoisotopic (exact) mass is 234 g/mol. The van der Waals surface area contributed by atoms with Crippen LogP contribution in [0.3, 0.4) is 0 Å². The molecule has 0 bridgehead atoms. The minimum Gasteiger partial charge on any atom is -0.290 e. The summed E-state index contributed by atoms with van der Waals surface area (Å²) in [5.74, 6) is 0.774. The van der Waals surface area contributed by atoms with Gasteiger partial charge in [0.2, 0.25) is 0 Å². The number of aryl methyl sites for hydroxylation is 2. The smallest absolute Gasteiger partial charge is 0.113 e. The molecule has 1 rings (SSSR count). The highest BCUT2D eigenvalue weighted by atomic mass is 16.5. The van der Waals surface area contributed by atoms with Gasteiger partial charge >= 0.3 is 0 Å². The van der Waals surface area contributed by atoms with Crippen LogP contribution in [0.2, 0.25) is 0 Å². The van der Waals surface area contributed by atoms with Gasteiger partial charge in [-0.25, -0.2) is 4.99 Å². The van der Waals surface area contributed by atoms with E-state index in [1.54, 1.807) is 0 Å². The molecule has 0 saturated carbocycles. The third-order valence-electron chi connectivity index (χ3n) is 2.77. The molecule has 1 aromatic carbocycles. The van der Waals surface area contributed by atoms with Crippen LogP contribution < -0.4 is 5.48 Å². The van der Waals surface area contributed by atoms with Crippen molar-refractivity contribution in [2.24, 2.45) is 10.9 Å². The first kappa shape index (κ1) is 13.7. The maximum atomic E-state index is 8.44. The van der Waals surface area contributed by atoms with Gasteiger partial charge in [-0.2, -0.15) is 0 Å². The molecule has 3 nitrogen and oxygen atoms in total. The van der Waals surface area contributed by atoms with Crippen LogP contribution in [0.5, 0.6) is 0 Å². The number of hydrogen-bond donors (Lipinski definition) is 2. The molecule has 0 aliphatic carbocycles. The van der Waals surface area contributed by atoms with Crippen molar-refractivity contribution >= 4 is 12.0 Å². The molecule has 0 amide bonds. The van der Waals surface area contributed by atoms with Crippen molar-refractivity contribution < 1.29 is 5.21 Å². The Morgan fingerprint density at radius 1 is 1.41 bits per heavy atom. The van der Waals surface area contributed by atoms with Crippen LogP contribution in [0, 0.1) is 12.8 Å². The number of hydrogen-bond acceptors (Lipinski definition) is 2. The van der Waals surface area contributed by atoms with Crippen molar-refractivity contribution in [2.75, 3.05) is 0 Å². The van der Waals surface area contributed by atoms with E-state index in [2.05, 4.69) is 31.0 Å². The maximum absolute atomic E-state index is 8.44. The van der Waals surface area contributed by atoms with Gasteiger partial charge in [-0.15, -0.1) is 0 Å². The average Bonchev–Trinajstić information content (AvgIpc) is 2.27. The first-order valence-electron chi connectivity index (χ1n) is 6.15. The van der Waals surface area contributed by atoms with E-state index < -0.39 is 0 Å². The van der Waals surface area contributed by atoms with Crippen molar-refractivity contribution in [3.63, 3.8) is 0 Å². The standard InChI is InChI=1S/C14H22N2O/c1-11(2)5-4-6-13-7-8-14(12(3)9-13)15-10-16-17/h7-11,17H,4-6H2,1-3H3,(H,15,16). The predicted octanol–water partition coefficient (Wildman–Crippen LogP) is 3.61. The molecular weight excluding hydrogens is 212 g/mol. The molecule has 17 heavy (non-hydrogen) atoms.